The molecule has 1 rings (SSSR count). The largest absolute Gasteiger partial charge is 0.439 e. The number of rotatable bonds is 2. The van der Waals surface area contributed by atoms with Gasteiger partial charge in [-0.15, -0.1) is 0 Å². The lowest BCUT2D eigenvalue weighted by Gasteiger charge is -1.88. The number of hydrogen-bond acceptors (Lipinski definition) is 1. The second kappa shape index (κ2) is 7.00. The minimum atomic E-state index is -1.14. The fourth-order valence-corrected chi connectivity index (χ4v) is 0.592. The zero-order valence-corrected chi connectivity index (χ0v) is 7.77. The first kappa shape index (κ1) is 12.6. The average molecular weight is 204 g/mol. The Bertz CT molecular complexity index is 248. The van der Waals surface area contributed by atoms with Crippen molar-refractivity contribution >= 4 is 0 Å². The Balaban J connectivity index is 0.000000255. The van der Waals surface area contributed by atoms with Gasteiger partial charge in [0.1, 0.15) is 5.82 Å². The number of hydrogen-bond donors (Lipinski definition) is 0. The Morgan fingerprint density at radius 3 is 2.07 bits per heavy atom. The lowest BCUT2D eigenvalue weighted by atomic mass is 10.2. The molecule has 78 valence electrons. The van der Waals surface area contributed by atoms with E-state index in [9.17, 15) is 13.2 Å². The molecule has 0 atom stereocenters. The summed E-state index contributed by atoms with van der Waals surface area (Å²) in [5.41, 5.74) is 1.09. The maximum absolute atomic E-state index is 12.1. The van der Waals surface area contributed by atoms with Gasteiger partial charge in [-0.3, -0.25) is 0 Å². The summed E-state index contributed by atoms with van der Waals surface area (Å²) >= 11 is 0. The number of ether oxygens (including phenoxy) is 1. The maximum atomic E-state index is 12.1. The Morgan fingerprint density at radius 2 is 1.86 bits per heavy atom. The quantitative estimate of drug-likeness (QED) is 0.670. The molecule has 0 heterocycles. The van der Waals surface area contributed by atoms with Gasteiger partial charge in [0.15, 0.2) is 0 Å². The van der Waals surface area contributed by atoms with Crippen molar-refractivity contribution in [2.45, 2.75) is 6.92 Å². The van der Waals surface area contributed by atoms with Crippen molar-refractivity contribution in [2.75, 3.05) is 6.86 Å². The van der Waals surface area contributed by atoms with E-state index in [2.05, 4.69) is 11.3 Å². The molecule has 0 unspecified atom stereocenters. The summed E-state index contributed by atoms with van der Waals surface area (Å²) in [6.45, 7) is 3.40. The second-order valence-corrected chi connectivity index (χ2v) is 2.40. The van der Waals surface area contributed by atoms with Crippen molar-refractivity contribution in [1.82, 2.24) is 0 Å². The Kier molecular flexibility index (Phi) is 6.28. The molecule has 0 spiro atoms. The van der Waals surface area contributed by atoms with Crippen molar-refractivity contribution in [3.8, 4) is 0 Å². The van der Waals surface area contributed by atoms with Crippen LogP contribution in [0.2, 0.25) is 0 Å². The molecular formula is C10H11F3O. The topological polar surface area (TPSA) is 9.23 Å². The predicted molar refractivity (Wildman–Crippen MR) is 48.4 cm³/mol. The Morgan fingerprint density at radius 1 is 1.36 bits per heavy atom. The molecular weight excluding hydrogens is 193 g/mol. The molecule has 0 saturated carbocycles. The first-order valence-electron chi connectivity index (χ1n) is 3.81. The van der Waals surface area contributed by atoms with Gasteiger partial charge in [-0.05, 0) is 25.6 Å². The van der Waals surface area contributed by atoms with Gasteiger partial charge in [-0.2, -0.15) is 4.39 Å². The lowest BCUT2D eigenvalue weighted by Crippen LogP contribution is -1.78. The van der Waals surface area contributed by atoms with E-state index in [0.29, 0.717) is 0 Å². The highest BCUT2D eigenvalue weighted by Crippen LogP contribution is 1.98. The Hall–Kier alpha value is -1.45. The molecule has 0 N–H and O–H groups in total. The van der Waals surface area contributed by atoms with Crippen LogP contribution in [0.4, 0.5) is 13.2 Å². The second-order valence-electron chi connectivity index (χ2n) is 2.40. The van der Waals surface area contributed by atoms with Gasteiger partial charge in [0, 0.05) is 0 Å². The van der Waals surface area contributed by atoms with Crippen LogP contribution in [0.1, 0.15) is 5.56 Å². The molecule has 0 aliphatic heterocycles. The molecule has 0 radical (unpaired) electrons. The summed E-state index contributed by atoms with van der Waals surface area (Å²) in [6.07, 6.45) is 0. The minimum absolute atomic E-state index is 0.171. The van der Waals surface area contributed by atoms with Crippen LogP contribution in [-0.4, -0.2) is 6.86 Å². The fraction of sp³-hybridized carbons (Fsp3) is 0.200. The molecule has 0 aliphatic rings. The molecule has 14 heavy (non-hydrogen) atoms. The van der Waals surface area contributed by atoms with Crippen molar-refractivity contribution in [2.24, 2.45) is 0 Å². The van der Waals surface area contributed by atoms with Crippen LogP contribution in [0.25, 0.3) is 0 Å². The van der Waals surface area contributed by atoms with E-state index in [1.54, 1.807) is 12.1 Å². The minimum Gasteiger partial charge on any atom is -0.439 e. The molecule has 0 aliphatic carbocycles. The van der Waals surface area contributed by atoms with Crippen LogP contribution in [0.15, 0.2) is 36.9 Å². The van der Waals surface area contributed by atoms with Crippen LogP contribution in [0.3, 0.4) is 0 Å². The molecule has 0 amide bonds. The van der Waals surface area contributed by atoms with Crippen LogP contribution >= 0.6 is 0 Å². The molecule has 1 aromatic carbocycles. The fourth-order valence-electron chi connectivity index (χ4n) is 0.592. The van der Waals surface area contributed by atoms with Crippen molar-refractivity contribution in [3.05, 3.63) is 48.2 Å². The summed E-state index contributed by atoms with van der Waals surface area (Å²) in [4.78, 5) is 0. The molecule has 4 heteroatoms. The smallest absolute Gasteiger partial charge is 0.267 e. The van der Waals surface area contributed by atoms with Gasteiger partial charge in [-0.25, -0.2) is 8.78 Å². The summed E-state index contributed by atoms with van der Waals surface area (Å²) < 4.78 is 37.4. The van der Waals surface area contributed by atoms with Gasteiger partial charge in [0.05, 0.1) is 0 Å². The van der Waals surface area contributed by atoms with Gasteiger partial charge < -0.3 is 4.74 Å². The lowest BCUT2D eigenvalue weighted by molar-refractivity contribution is 0.0736. The zero-order chi connectivity index (χ0) is 11.0. The van der Waals surface area contributed by atoms with Crippen LogP contribution < -0.4 is 0 Å². The van der Waals surface area contributed by atoms with Crippen molar-refractivity contribution < 1.29 is 17.9 Å². The molecule has 1 aromatic rings. The van der Waals surface area contributed by atoms with E-state index in [1.165, 1.54) is 12.1 Å². The highest BCUT2D eigenvalue weighted by Gasteiger charge is 1.83. The molecule has 0 bridgehead atoms. The van der Waals surface area contributed by atoms with Gasteiger partial charge in [0.25, 0.3) is 6.01 Å². The van der Waals surface area contributed by atoms with E-state index in [-0.39, 0.29) is 5.82 Å². The van der Waals surface area contributed by atoms with E-state index < -0.39 is 12.9 Å². The van der Waals surface area contributed by atoms with E-state index in [0.717, 1.165) is 5.56 Å². The maximum Gasteiger partial charge on any atom is 0.267 e. The van der Waals surface area contributed by atoms with Gasteiger partial charge >= 0.3 is 0 Å². The number of benzene rings is 1. The molecule has 0 saturated heterocycles. The normalized spacial score (nSPS) is 8.57. The predicted octanol–water partition coefficient (Wildman–Crippen LogP) is 3.50. The first-order valence-corrected chi connectivity index (χ1v) is 3.81. The molecule has 0 aromatic heterocycles. The standard InChI is InChI=1S/C7H7F.C3H4F2O/c1-6-2-4-7(8)5-3-6;1-3(5)6-2-4/h2-5H,1H3;1-2H2. The van der Waals surface area contributed by atoms with Crippen molar-refractivity contribution in [1.29, 1.82) is 0 Å². The first-order chi connectivity index (χ1) is 6.56. The van der Waals surface area contributed by atoms with E-state index in [1.807, 2.05) is 6.92 Å². The summed E-state index contributed by atoms with van der Waals surface area (Å²) in [7, 11) is 0. The highest BCUT2D eigenvalue weighted by molar-refractivity contribution is 5.13. The van der Waals surface area contributed by atoms with Gasteiger partial charge in [0.2, 0.25) is 6.86 Å². The molecule has 0 fully saturated rings. The zero-order valence-electron chi connectivity index (χ0n) is 7.77. The van der Waals surface area contributed by atoms with E-state index >= 15 is 0 Å². The average Bonchev–Trinajstić information content (AvgIpc) is 2.11. The third kappa shape index (κ3) is 7.21. The monoisotopic (exact) mass is 204 g/mol. The number of halogens is 3. The SMILES string of the molecule is C=C(F)OCF.Cc1ccc(F)cc1. The summed E-state index contributed by atoms with van der Waals surface area (Å²) in [5.74, 6) is -0.171. The third-order valence-corrected chi connectivity index (χ3v) is 1.22. The van der Waals surface area contributed by atoms with Crippen LogP contribution in [0, 0.1) is 12.7 Å². The summed E-state index contributed by atoms with van der Waals surface area (Å²) in [6, 6.07) is 5.31. The molecule has 1 nitrogen and oxygen atoms in total. The van der Waals surface area contributed by atoms with Crippen molar-refractivity contribution in [3.63, 3.8) is 0 Å². The van der Waals surface area contributed by atoms with E-state index in [4.69, 9.17) is 0 Å². The summed E-state index contributed by atoms with van der Waals surface area (Å²) in [5, 5.41) is 0. The highest BCUT2D eigenvalue weighted by atomic mass is 19.2. The van der Waals surface area contributed by atoms with Gasteiger partial charge in [-0.1, -0.05) is 17.7 Å². The van der Waals surface area contributed by atoms with Crippen LogP contribution in [0.5, 0.6) is 0 Å². The Labute approximate surface area is 80.8 Å². The number of aryl methyl sites for hydroxylation is 1. The van der Waals surface area contributed by atoms with Crippen LogP contribution in [-0.2, 0) is 4.74 Å². The number of alkyl halides is 1. The third-order valence-electron chi connectivity index (χ3n) is 1.22.